The largest absolute Gasteiger partial charge is 0.497 e. The fourth-order valence-electron chi connectivity index (χ4n) is 2.98. The second-order valence-electron chi connectivity index (χ2n) is 5.26. The Hall–Kier alpha value is -0.870. The van der Waals surface area contributed by atoms with Gasteiger partial charge in [0.25, 0.3) is 0 Å². The standard InChI is InChI=1S/C16H25NO2S/c1-4-10-20(18)15-9-7-12-6-8-13(19-3)11-14(12)16(15)17-5-2/h6,8,11,15-17H,4-5,7,9-10H2,1-3H3. The molecular weight excluding hydrogens is 270 g/mol. The minimum atomic E-state index is -0.757. The molecule has 0 radical (unpaired) electrons. The van der Waals surface area contributed by atoms with Crippen LogP contribution >= 0.6 is 0 Å². The zero-order valence-electron chi connectivity index (χ0n) is 12.6. The first kappa shape index (κ1) is 15.5. The molecule has 0 spiro atoms. The summed E-state index contributed by atoms with van der Waals surface area (Å²) in [5.41, 5.74) is 2.63. The molecule has 0 bridgehead atoms. The zero-order valence-corrected chi connectivity index (χ0v) is 13.5. The molecule has 0 aromatic heterocycles. The van der Waals surface area contributed by atoms with E-state index in [1.807, 2.05) is 6.07 Å². The van der Waals surface area contributed by atoms with Gasteiger partial charge in [-0.25, -0.2) is 0 Å². The summed E-state index contributed by atoms with van der Waals surface area (Å²) in [5, 5.41) is 3.75. The smallest absolute Gasteiger partial charge is 0.119 e. The Bertz CT molecular complexity index is 476. The average molecular weight is 295 g/mol. The van der Waals surface area contributed by atoms with E-state index in [4.69, 9.17) is 4.74 Å². The van der Waals surface area contributed by atoms with E-state index in [2.05, 4.69) is 31.3 Å². The first-order valence-corrected chi connectivity index (χ1v) is 8.86. The molecule has 0 saturated heterocycles. The molecule has 1 N–H and O–H groups in total. The second kappa shape index (κ2) is 7.23. The average Bonchev–Trinajstić information content (AvgIpc) is 2.47. The van der Waals surface area contributed by atoms with Gasteiger partial charge >= 0.3 is 0 Å². The second-order valence-corrected chi connectivity index (χ2v) is 7.04. The molecule has 0 saturated carbocycles. The van der Waals surface area contributed by atoms with Crippen molar-refractivity contribution in [3.05, 3.63) is 29.3 Å². The molecule has 20 heavy (non-hydrogen) atoms. The van der Waals surface area contributed by atoms with E-state index in [1.165, 1.54) is 11.1 Å². The van der Waals surface area contributed by atoms with E-state index >= 15 is 0 Å². The topological polar surface area (TPSA) is 38.3 Å². The minimum absolute atomic E-state index is 0.186. The Morgan fingerprint density at radius 1 is 1.40 bits per heavy atom. The van der Waals surface area contributed by atoms with Crippen molar-refractivity contribution in [1.82, 2.24) is 5.32 Å². The number of benzene rings is 1. The van der Waals surface area contributed by atoms with Crippen LogP contribution in [0.4, 0.5) is 0 Å². The van der Waals surface area contributed by atoms with Gasteiger partial charge in [0.1, 0.15) is 5.75 Å². The first-order chi connectivity index (χ1) is 9.71. The lowest BCUT2D eigenvalue weighted by molar-refractivity contribution is 0.410. The zero-order chi connectivity index (χ0) is 14.5. The molecule has 3 nitrogen and oxygen atoms in total. The number of fused-ring (bicyclic) bond motifs is 1. The van der Waals surface area contributed by atoms with Crippen LogP contribution in [0.2, 0.25) is 0 Å². The van der Waals surface area contributed by atoms with Crippen LogP contribution < -0.4 is 10.1 Å². The quantitative estimate of drug-likeness (QED) is 0.877. The monoisotopic (exact) mass is 295 g/mol. The molecule has 1 aromatic rings. The number of hydrogen-bond donors (Lipinski definition) is 1. The van der Waals surface area contributed by atoms with Gasteiger partial charge in [-0.3, -0.25) is 4.21 Å². The van der Waals surface area contributed by atoms with Gasteiger partial charge < -0.3 is 10.1 Å². The number of methoxy groups -OCH3 is 1. The maximum Gasteiger partial charge on any atom is 0.119 e. The van der Waals surface area contributed by atoms with Crippen LogP contribution in [0.15, 0.2) is 18.2 Å². The highest BCUT2D eigenvalue weighted by Crippen LogP contribution is 2.35. The number of hydrogen-bond acceptors (Lipinski definition) is 3. The molecule has 3 atom stereocenters. The van der Waals surface area contributed by atoms with Crippen LogP contribution in [0, 0.1) is 0 Å². The van der Waals surface area contributed by atoms with Crippen LogP contribution in [0.5, 0.6) is 5.75 Å². The summed E-state index contributed by atoms with van der Waals surface area (Å²) in [6, 6.07) is 6.46. The number of ether oxygens (including phenoxy) is 1. The van der Waals surface area contributed by atoms with Gasteiger partial charge in [0.05, 0.1) is 12.4 Å². The lowest BCUT2D eigenvalue weighted by atomic mass is 9.87. The van der Waals surface area contributed by atoms with Crippen molar-refractivity contribution < 1.29 is 8.95 Å². The summed E-state index contributed by atoms with van der Waals surface area (Å²) >= 11 is 0. The third kappa shape index (κ3) is 3.23. The molecule has 112 valence electrons. The first-order valence-electron chi connectivity index (χ1n) is 7.48. The van der Waals surface area contributed by atoms with E-state index in [0.717, 1.165) is 37.3 Å². The van der Waals surface area contributed by atoms with Crippen LogP contribution in [0.3, 0.4) is 0 Å². The minimum Gasteiger partial charge on any atom is -0.497 e. The number of nitrogens with one attached hydrogen (secondary N) is 1. The molecule has 4 heteroatoms. The van der Waals surface area contributed by atoms with Gasteiger partial charge in [-0.1, -0.05) is 19.9 Å². The van der Waals surface area contributed by atoms with E-state index < -0.39 is 10.8 Å². The highest BCUT2D eigenvalue weighted by Gasteiger charge is 2.32. The van der Waals surface area contributed by atoms with Gasteiger partial charge in [-0.15, -0.1) is 0 Å². The van der Waals surface area contributed by atoms with Crippen LogP contribution in [-0.2, 0) is 17.2 Å². The van der Waals surface area contributed by atoms with Crippen molar-refractivity contribution >= 4 is 10.8 Å². The maximum absolute atomic E-state index is 12.5. The van der Waals surface area contributed by atoms with Gasteiger partial charge in [0.15, 0.2) is 0 Å². The fraction of sp³-hybridized carbons (Fsp3) is 0.625. The molecule has 0 fully saturated rings. The van der Waals surface area contributed by atoms with Gasteiger partial charge in [-0.2, -0.15) is 0 Å². The van der Waals surface area contributed by atoms with Crippen molar-refractivity contribution in [3.8, 4) is 5.75 Å². The van der Waals surface area contributed by atoms with Gasteiger partial charge in [-0.05, 0) is 49.1 Å². The van der Waals surface area contributed by atoms with Crippen molar-refractivity contribution in [1.29, 1.82) is 0 Å². The Morgan fingerprint density at radius 3 is 2.85 bits per heavy atom. The summed E-state index contributed by atoms with van der Waals surface area (Å²) in [6.45, 7) is 5.09. The van der Waals surface area contributed by atoms with Crippen LogP contribution in [0.1, 0.15) is 43.9 Å². The number of rotatable bonds is 6. The Balaban J connectivity index is 2.33. The molecule has 1 aromatic carbocycles. The summed E-state index contributed by atoms with van der Waals surface area (Å²) in [5.74, 6) is 1.68. The fourth-order valence-corrected chi connectivity index (χ4v) is 4.61. The van der Waals surface area contributed by atoms with E-state index in [1.54, 1.807) is 7.11 Å². The van der Waals surface area contributed by atoms with E-state index in [9.17, 15) is 4.21 Å². The SMILES string of the molecule is CCCS(=O)C1CCc2ccc(OC)cc2C1NCC. The lowest BCUT2D eigenvalue weighted by Crippen LogP contribution is -2.39. The van der Waals surface area contributed by atoms with Gasteiger partial charge in [0, 0.05) is 22.6 Å². The summed E-state index contributed by atoms with van der Waals surface area (Å²) in [4.78, 5) is 0. The van der Waals surface area contributed by atoms with Crippen molar-refractivity contribution in [2.45, 2.75) is 44.4 Å². The Labute approximate surface area is 124 Å². The lowest BCUT2D eigenvalue weighted by Gasteiger charge is -2.34. The molecule has 0 amide bonds. The van der Waals surface area contributed by atoms with Gasteiger partial charge in [0.2, 0.25) is 0 Å². The Morgan fingerprint density at radius 2 is 2.20 bits per heavy atom. The predicted octanol–water partition coefficient (Wildman–Crippen LogP) is 2.82. The molecule has 1 aliphatic rings. The summed E-state index contributed by atoms with van der Waals surface area (Å²) in [7, 11) is 0.937. The third-order valence-corrected chi connectivity index (χ3v) is 5.92. The third-order valence-electron chi connectivity index (χ3n) is 3.93. The molecular formula is C16H25NO2S. The molecule has 1 aliphatic carbocycles. The predicted molar refractivity (Wildman–Crippen MR) is 84.8 cm³/mol. The summed E-state index contributed by atoms with van der Waals surface area (Å²) < 4.78 is 17.8. The molecule has 3 unspecified atom stereocenters. The van der Waals surface area contributed by atoms with Crippen molar-refractivity contribution in [2.75, 3.05) is 19.4 Å². The summed E-state index contributed by atoms with van der Waals surface area (Å²) in [6.07, 6.45) is 3.00. The molecule has 0 heterocycles. The van der Waals surface area contributed by atoms with E-state index in [0.29, 0.717) is 0 Å². The molecule has 0 aliphatic heterocycles. The molecule has 2 rings (SSSR count). The van der Waals surface area contributed by atoms with E-state index in [-0.39, 0.29) is 11.3 Å². The highest BCUT2D eigenvalue weighted by molar-refractivity contribution is 7.85. The van der Waals surface area contributed by atoms with Crippen LogP contribution in [0.25, 0.3) is 0 Å². The van der Waals surface area contributed by atoms with Crippen LogP contribution in [-0.4, -0.2) is 28.9 Å². The maximum atomic E-state index is 12.5. The van der Waals surface area contributed by atoms with Crippen molar-refractivity contribution in [2.24, 2.45) is 0 Å². The highest BCUT2D eigenvalue weighted by atomic mass is 32.2. The normalized spacial score (nSPS) is 23.1. The van der Waals surface area contributed by atoms with Crippen molar-refractivity contribution in [3.63, 3.8) is 0 Å². The Kier molecular flexibility index (Phi) is 5.61. The number of aryl methyl sites for hydroxylation is 1.